The number of aryl methyl sites for hydroxylation is 1. The van der Waals surface area contributed by atoms with Crippen molar-refractivity contribution in [3.63, 3.8) is 0 Å². The van der Waals surface area contributed by atoms with Crippen LogP contribution in [0.4, 0.5) is 11.4 Å². The molecule has 1 aromatic carbocycles. The minimum Gasteiger partial charge on any atom is -0.326 e. The van der Waals surface area contributed by atoms with Gasteiger partial charge in [0.25, 0.3) is 0 Å². The lowest BCUT2D eigenvalue weighted by Gasteiger charge is -2.15. The number of nitrogens with one attached hydrogen (secondary N) is 3. The van der Waals surface area contributed by atoms with Gasteiger partial charge in [0, 0.05) is 36.6 Å². The van der Waals surface area contributed by atoms with E-state index in [-0.39, 0.29) is 11.8 Å². The third-order valence-corrected chi connectivity index (χ3v) is 3.50. The molecule has 0 saturated carbocycles. The van der Waals surface area contributed by atoms with Gasteiger partial charge >= 0.3 is 0 Å². The number of nitrogens with zero attached hydrogens (tertiary/aromatic N) is 2. The molecule has 7 nitrogen and oxygen atoms in total. The summed E-state index contributed by atoms with van der Waals surface area (Å²) in [6.45, 7) is 1.95. The van der Waals surface area contributed by atoms with Gasteiger partial charge in [0.05, 0.1) is 6.20 Å². The Morgan fingerprint density at radius 2 is 1.96 bits per heavy atom. The monoisotopic (exact) mass is 329 g/mol. The summed E-state index contributed by atoms with van der Waals surface area (Å²) in [5.74, 6) is -0.230. The van der Waals surface area contributed by atoms with Crippen LogP contribution in [0.5, 0.6) is 0 Å². The fraction of sp³-hybridized carbons (Fsp3) is 0.353. The van der Waals surface area contributed by atoms with Gasteiger partial charge in [-0.25, -0.2) is 0 Å². The maximum absolute atomic E-state index is 12.5. The first kappa shape index (κ1) is 17.7. The maximum atomic E-state index is 12.5. The van der Waals surface area contributed by atoms with Gasteiger partial charge in [0.1, 0.15) is 6.04 Å². The fourth-order valence-electron chi connectivity index (χ4n) is 2.38. The second-order valence-electron chi connectivity index (χ2n) is 5.54. The van der Waals surface area contributed by atoms with Crippen molar-refractivity contribution in [3.05, 3.63) is 42.2 Å². The average Bonchev–Trinajstić information content (AvgIpc) is 2.94. The van der Waals surface area contributed by atoms with Crippen molar-refractivity contribution < 1.29 is 9.59 Å². The zero-order chi connectivity index (χ0) is 17.5. The van der Waals surface area contributed by atoms with Crippen LogP contribution in [0.15, 0.2) is 36.7 Å². The number of carbonyl (C=O) groups excluding carboxylic acids is 2. The Morgan fingerprint density at radius 1 is 1.25 bits per heavy atom. The highest BCUT2D eigenvalue weighted by molar-refractivity contribution is 5.97. The molecule has 0 aliphatic rings. The number of anilines is 2. The lowest BCUT2D eigenvalue weighted by molar-refractivity contribution is -0.118. The van der Waals surface area contributed by atoms with E-state index in [9.17, 15) is 9.59 Å². The van der Waals surface area contributed by atoms with E-state index >= 15 is 0 Å². The lowest BCUT2D eigenvalue weighted by atomic mass is 10.1. The molecule has 2 aromatic rings. The average molecular weight is 329 g/mol. The number of rotatable bonds is 7. The van der Waals surface area contributed by atoms with E-state index in [2.05, 4.69) is 21.0 Å². The summed E-state index contributed by atoms with van der Waals surface area (Å²) in [5, 5.41) is 12.7. The molecule has 128 valence electrons. The lowest BCUT2D eigenvalue weighted by Crippen LogP contribution is -2.30. The Morgan fingerprint density at radius 3 is 2.54 bits per heavy atom. The first-order chi connectivity index (χ1) is 11.5. The molecule has 3 N–H and O–H groups in total. The Kier molecular flexibility index (Phi) is 6.08. The molecule has 2 rings (SSSR count). The van der Waals surface area contributed by atoms with Crippen molar-refractivity contribution in [3.8, 4) is 0 Å². The summed E-state index contributed by atoms with van der Waals surface area (Å²) >= 11 is 0. The highest BCUT2D eigenvalue weighted by Gasteiger charge is 2.20. The quantitative estimate of drug-likeness (QED) is 0.725. The zero-order valence-corrected chi connectivity index (χ0v) is 14.2. The smallest absolute Gasteiger partial charge is 0.246 e. The molecule has 1 unspecified atom stereocenters. The molecular weight excluding hydrogens is 306 g/mol. The van der Waals surface area contributed by atoms with E-state index in [0.29, 0.717) is 17.8 Å². The first-order valence-corrected chi connectivity index (χ1v) is 7.90. The molecule has 1 aromatic heterocycles. The SMILES string of the molecule is CCCC(=O)Nc1cccc(NC(=O)C(NC)c2cnn(C)c2)c1. The molecule has 0 spiro atoms. The van der Waals surface area contributed by atoms with Crippen molar-refractivity contribution in [2.45, 2.75) is 25.8 Å². The topological polar surface area (TPSA) is 88.1 Å². The minimum atomic E-state index is -0.503. The molecule has 0 aliphatic heterocycles. The third-order valence-electron chi connectivity index (χ3n) is 3.50. The summed E-state index contributed by atoms with van der Waals surface area (Å²) in [6.07, 6.45) is 4.71. The van der Waals surface area contributed by atoms with E-state index in [4.69, 9.17) is 0 Å². The molecule has 0 aliphatic carbocycles. The van der Waals surface area contributed by atoms with Crippen LogP contribution in [-0.4, -0.2) is 28.6 Å². The van der Waals surface area contributed by atoms with Crippen LogP contribution < -0.4 is 16.0 Å². The molecule has 0 radical (unpaired) electrons. The van der Waals surface area contributed by atoms with Gasteiger partial charge in [0.15, 0.2) is 0 Å². The van der Waals surface area contributed by atoms with Crippen molar-refractivity contribution in [1.29, 1.82) is 0 Å². The van der Waals surface area contributed by atoms with Crippen molar-refractivity contribution >= 4 is 23.2 Å². The van der Waals surface area contributed by atoms with Gasteiger partial charge in [-0.3, -0.25) is 14.3 Å². The Labute approximate surface area is 141 Å². The van der Waals surface area contributed by atoms with Crippen LogP contribution in [-0.2, 0) is 16.6 Å². The molecule has 7 heteroatoms. The van der Waals surface area contributed by atoms with Crippen LogP contribution in [0.3, 0.4) is 0 Å². The Hall–Kier alpha value is -2.67. The number of likely N-dealkylation sites (N-methyl/N-ethyl adjacent to an activating group) is 1. The highest BCUT2D eigenvalue weighted by Crippen LogP contribution is 2.18. The molecule has 0 bridgehead atoms. The standard InChI is InChI=1S/C17H23N5O2/c1-4-6-15(23)20-13-7-5-8-14(9-13)21-17(24)16(18-2)12-10-19-22(3)11-12/h5,7-11,16,18H,4,6H2,1-3H3,(H,20,23)(H,21,24). The van der Waals surface area contributed by atoms with Gasteiger partial charge in [-0.15, -0.1) is 0 Å². The molecule has 1 atom stereocenters. The van der Waals surface area contributed by atoms with E-state index in [0.717, 1.165) is 12.0 Å². The molecule has 0 fully saturated rings. The number of hydrogen-bond acceptors (Lipinski definition) is 4. The van der Waals surface area contributed by atoms with Gasteiger partial charge < -0.3 is 16.0 Å². The van der Waals surface area contributed by atoms with E-state index in [1.165, 1.54) is 0 Å². The van der Waals surface area contributed by atoms with Gasteiger partial charge in [0.2, 0.25) is 11.8 Å². The van der Waals surface area contributed by atoms with Crippen LogP contribution >= 0.6 is 0 Å². The second-order valence-corrected chi connectivity index (χ2v) is 5.54. The summed E-state index contributed by atoms with van der Waals surface area (Å²) in [5.41, 5.74) is 2.07. The third kappa shape index (κ3) is 4.66. The molecular formula is C17H23N5O2. The second kappa shape index (κ2) is 8.26. The van der Waals surface area contributed by atoms with Gasteiger partial charge in [-0.2, -0.15) is 5.10 Å². The summed E-state index contributed by atoms with van der Waals surface area (Å²) in [6, 6.07) is 6.59. The Bertz CT molecular complexity index is 711. The number of hydrogen-bond donors (Lipinski definition) is 3. The van der Waals surface area contributed by atoms with Crippen LogP contribution in [0.25, 0.3) is 0 Å². The van der Waals surface area contributed by atoms with Crippen molar-refractivity contribution in [2.24, 2.45) is 7.05 Å². The summed E-state index contributed by atoms with van der Waals surface area (Å²) < 4.78 is 1.65. The van der Waals surface area contributed by atoms with E-state index in [1.54, 1.807) is 55.4 Å². The van der Waals surface area contributed by atoms with Crippen LogP contribution in [0, 0.1) is 0 Å². The fourth-order valence-corrected chi connectivity index (χ4v) is 2.38. The number of aromatic nitrogens is 2. The highest BCUT2D eigenvalue weighted by atomic mass is 16.2. The number of benzene rings is 1. The molecule has 2 amide bonds. The van der Waals surface area contributed by atoms with Crippen molar-refractivity contribution in [2.75, 3.05) is 17.7 Å². The molecule has 24 heavy (non-hydrogen) atoms. The Balaban J connectivity index is 2.06. The first-order valence-electron chi connectivity index (χ1n) is 7.90. The van der Waals surface area contributed by atoms with Crippen molar-refractivity contribution in [1.82, 2.24) is 15.1 Å². The van der Waals surface area contributed by atoms with E-state index < -0.39 is 6.04 Å². The van der Waals surface area contributed by atoms with Crippen LogP contribution in [0.1, 0.15) is 31.4 Å². The molecule has 0 saturated heterocycles. The zero-order valence-electron chi connectivity index (χ0n) is 14.2. The number of carbonyl (C=O) groups is 2. The maximum Gasteiger partial charge on any atom is 0.246 e. The summed E-state index contributed by atoms with van der Waals surface area (Å²) in [7, 11) is 3.52. The normalized spacial score (nSPS) is 11.8. The van der Waals surface area contributed by atoms with Gasteiger partial charge in [-0.05, 0) is 31.7 Å². The van der Waals surface area contributed by atoms with Gasteiger partial charge in [-0.1, -0.05) is 13.0 Å². The predicted octanol–water partition coefficient (Wildman–Crippen LogP) is 2.06. The predicted molar refractivity (Wildman–Crippen MR) is 93.6 cm³/mol. The van der Waals surface area contributed by atoms with Crippen LogP contribution in [0.2, 0.25) is 0 Å². The summed E-state index contributed by atoms with van der Waals surface area (Å²) in [4.78, 5) is 24.2. The molecule has 1 heterocycles. The minimum absolute atomic E-state index is 0.0376. The largest absolute Gasteiger partial charge is 0.326 e. The number of amides is 2. The van der Waals surface area contributed by atoms with E-state index in [1.807, 2.05) is 6.92 Å².